The minimum atomic E-state index is -0.892. The second-order valence-corrected chi connectivity index (χ2v) is 11.8. The second kappa shape index (κ2) is 18.2. The van der Waals surface area contributed by atoms with Gasteiger partial charge in [-0.3, -0.25) is 34.4 Å². The van der Waals surface area contributed by atoms with Gasteiger partial charge in [0.05, 0.1) is 17.9 Å². The first-order valence-electron chi connectivity index (χ1n) is 16.0. The SMILES string of the molecule is CCCCC(=O)N(O)CCCC[C@H](CC(=O)[C@@H]1COC(c2ccccc2O)=N1)C(=O)O[C@@H](C)CC(=O)N[C@H]1CCCCN(O)C1=O. The molecule has 0 aromatic heterocycles. The molecule has 254 valence electrons. The molecule has 2 heterocycles. The second-order valence-electron chi connectivity index (χ2n) is 11.8. The summed E-state index contributed by atoms with van der Waals surface area (Å²) in [5, 5.41) is 33.8. The molecule has 46 heavy (non-hydrogen) atoms. The number of aliphatic imine (C=N–C) groups is 1. The summed E-state index contributed by atoms with van der Waals surface area (Å²) in [5.74, 6) is -3.35. The van der Waals surface area contributed by atoms with Crippen LogP contribution >= 0.6 is 0 Å². The largest absolute Gasteiger partial charge is 0.507 e. The van der Waals surface area contributed by atoms with Crippen LogP contribution in [0.15, 0.2) is 29.3 Å². The molecule has 0 aliphatic carbocycles. The number of ether oxygens (including phenoxy) is 2. The molecule has 14 heteroatoms. The van der Waals surface area contributed by atoms with Crippen LogP contribution in [0.2, 0.25) is 0 Å². The highest BCUT2D eigenvalue weighted by atomic mass is 16.5. The van der Waals surface area contributed by atoms with Gasteiger partial charge in [-0.1, -0.05) is 31.9 Å². The van der Waals surface area contributed by atoms with Crippen molar-refractivity contribution in [3.05, 3.63) is 29.8 Å². The van der Waals surface area contributed by atoms with E-state index in [2.05, 4.69) is 10.3 Å². The number of phenolic OH excluding ortho intramolecular Hbond substituents is 1. The lowest BCUT2D eigenvalue weighted by atomic mass is 9.93. The fourth-order valence-corrected chi connectivity index (χ4v) is 5.26. The zero-order chi connectivity index (χ0) is 33.6. The Morgan fingerprint density at radius 3 is 2.65 bits per heavy atom. The molecule has 0 bridgehead atoms. The Balaban J connectivity index is 1.60. The maximum atomic E-state index is 13.3. The summed E-state index contributed by atoms with van der Waals surface area (Å²) in [7, 11) is 0. The number of aromatic hydroxyl groups is 1. The summed E-state index contributed by atoms with van der Waals surface area (Å²) >= 11 is 0. The fourth-order valence-electron chi connectivity index (χ4n) is 5.26. The number of amides is 3. The third-order valence-electron chi connectivity index (χ3n) is 7.93. The van der Waals surface area contributed by atoms with Gasteiger partial charge in [-0.25, -0.2) is 15.1 Å². The van der Waals surface area contributed by atoms with E-state index < -0.39 is 41.9 Å². The van der Waals surface area contributed by atoms with Gasteiger partial charge < -0.3 is 19.9 Å². The van der Waals surface area contributed by atoms with E-state index in [-0.39, 0.29) is 68.7 Å². The highest BCUT2D eigenvalue weighted by Gasteiger charge is 2.33. The number of Topliss-reactive ketones (excluding diaryl/α,β-unsaturated/α-hetero) is 1. The van der Waals surface area contributed by atoms with Gasteiger partial charge in [-0.15, -0.1) is 0 Å². The first-order chi connectivity index (χ1) is 22.0. The van der Waals surface area contributed by atoms with Gasteiger partial charge in [0.2, 0.25) is 17.7 Å². The summed E-state index contributed by atoms with van der Waals surface area (Å²) in [6.45, 7) is 3.69. The Labute approximate surface area is 268 Å². The van der Waals surface area contributed by atoms with Crippen LogP contribution in [-0.2, 0) is 33.4 Å². The Kier molecular flexibility index (Phi) is 14.4. The van der Waals surface area contributed by atoms with Crippen LogP contribution in [0.5, 0.6) is 5.75 Å². The van der Waals surface area contributed by atoms with Crippen molar-refractivity contribution in [1.29, 1.82) is 0 Å². The molecule has 14 nitrogen and oxygen atoms in total. The van der Waals surface area contributed by atoms with Crippen molar-refractivity contribution in [2.45, 2.75) is 103 Å². The molecule has 1 fully saturated rings. The number of nitrogens with zero attached hydrogens (tertiary/aromatic N) is 3. The summed E-state index contributed by atoms with van der Waals surface area (Å²) in [6.07, 6.45) is 3.04. The predicted molar refractivity (Wildman–Crippen MR) is 164 cm³/mol. The molecule has 1 aromatic rings. The number of rotatable bonds is 17. The number of hydroxylamine groups is 4. The number of esters is 1. The smallest absolute Gasteiger partial charge is 0.309 e. The van der Waals surface area contributed by atoms with Crippen molar-refractivity contribution in [3.8, 4) is 5.75 Å². The van der Waals surface area contributed by atoms with E-state index in [1.807, 2.05) is 6.92 Å². The van der Waals surface area contributed by atoms with E-state index in [4.69, 9.17) is 9.47 Å². The van der Waals surface area contributed by atoms with Crippen LogP contribution in [0.1, 0.15) is 90.0 Å². The quantitative estimate of drug-likeness (QED) is 0.0846. The Hall–Kier alpha value is -4.04. The molecular formula is C32H46N4O10. The molecule has 4 N–H and O–H groups in total. The highest BCUT2D eigenvalue weighted by Crippen LogP contribution is 2.24. The number of carbonyl (C=O) groups excluding carboxylic acids is 5. The molecule has 0 radical (unpaired) electrons. The number of ketones is 1. The molecule has 0 spiro atoms. The van der Waals surface area contributed by atoms with Gasteiger partial charge in [-0.05, 0) is 57.6 Å². The number of hydrogen-bond acceptors (Lipinski definition) is 11. The van der Waals surface area contributed by atoms with E-state index in [1.54, 1.807) is 18.2 Å². The minimum absolute atomic E-state index is 0.0444. The number of benzene rings is 1. The van der Waals surface area contributed by atoms with Crippen molar-refractivity contribution in [1.82, 2.24) is 15.4 Å². The van der Waals surface area contributed by atoms with Crippen LogP contribution < -0.4 is 5.32 Å². The molecule has 2 aliphatic rings. The van der Waals surface area contributed by atoms with Crippen LogP contribution in [-0.4, -0.2) is 98.9 Å². The molecule has 3 rings (SSSR count). The Morgan fingerprint density at radius 2 is 1.91 bits per heavy atom. The van der Waals surface area contributed by atoms with E-state index >= 15 is 0 Å². The number of nitrogens with one attached hydrogen (secondary N) is 1. The third-order valence-corrected chi connectivity index (χ3v) is 7.93. The van der Waals surface area contributed by atoms with Crippen molar-refractivity contribution in [2.24, 2.45) is 10.9 Å². The van der Waals surface area contributed by atoms with Gasteiger partial charge in [0, 0.05) is 25.9 Å². The Morgan fingerprint density at radius 1 is 1.15 bits per heavy atom. The van der Waals surface area contributed by atoms with Crippen molar-refractivity contribution < 1.29 is 49.0 Å². The van der Waals surface area contributed by atoms with Gasteiger partial charge >= 0.3 is 5.97 Å². The molecule has 1 aromatic carbocycles. The van der Waals surface area contributed by atoms with Gasteiger partial charge in [-0.2, -0.15) is 0 Å². The first-order valence-corrected chi connectivity index (χ1v) is 16.0. The van der Waals surface area contributed by atoms with Crippen LogP contribution in [0.4, 0.5) is 0 Å². The van der Waals surface area contributed by atoms with Gasteiger partial charge in [0.25, 0.3) is 5.91 Å². The topological polar surface area (TPSA) is 195 Å². The number of hydrogen-bond donors (Lipinski definition) is 4. The van der Waals surface area contributed by atoms with Crippen molar-refractivity contribution in [2.75, 3.05) is 19.7 Å². The molecule has 0 unspecified atom stereocenters. The lowest BCUT2D eigenvalue weighted by Gasteiger charge is -2.22. The predicted octanol–water partition coefficient (Wildman–Crippen LogP) is 2.90. The van der Waals surface area contributed by atoms with Crippen molar-refractivity contribution in [3.63, 3.8) is 0 Å². The highest BCUT2D eigenvalue weighted by molar-refractivity contribution is 6.01. The molecule has 4 atom stereocenters. The fraction of sp³-hybridized carbons (Fsp3) is 0.625. The minimum Gasteiger partial charge on any atom is -0.507 e. The monoisotopic (exact) mass is 646 g/mol. The zero-order valence-corrected chi connectivity index (χ0v) is 26.6. The van der Waals surface area contributed by atoms with E-state index in [1.165, 1.54) is 13.0 Å². The standard InChI is InChI=1S/C32H46N4O10/c1-3-4-15-29(40)35(43)16-9-7-11-22(19-27(38)25-20-45-30(34-25)23-12-5-6-14-26(23)37)32(42)46-21(2)18-28(39)33-24-13-8-10-17-36(44)31(24)41/h5-6,12,14,21-22,24-25,37,43-44H,3-4,7-11,13,15-20H2,1-2H3,(H,33,39)/t21-,22+,24-,25-/m0/s1. The van der Waals surface area contributed by atoms with Gasteiger partial charge in [0.15, 0.2) is 5.78 Å². The first kappa shape index (κ1) is 36.4. The molecule has 1 saturated heterocycles. The summed E-state index contributed by atoms with van der Waals surface area (Å²) in [6, 6.07) is 4.68. The maximum absolute atomic E-state index is 13.3. The summed E-state index contributed by atoms with van der Waals surface area (Å²) < 4.78 is 11.1. The van der Waals surface area contributed by atoms with E-state index in [0.717, 1.165) is 6.42 Å². The van der Waals surface area contributed by atoms with Crippen LogP contribution in [0.25, 0.3) is 0 Å². The number of carbonyl (C=O) groups is 5. The molecule has 2 aliphatic heterocycles. The summed E-state index contributed by atoms with van der Waals surface area (Å²) in [4.78, 5) is 67.8. The molecule has 3 amide bonds. The van der Waals surface area contributed by atoms with E-state index in [9.17, 15) is 39.5 Å². The maximum Gasteiger partial charge on any atom is 0.309 e. The number of para-hydroxylation sites is 1. The summed E-state index contributed by atoms with van der Waals surface area (Å²) in [5.41, 5.74) is 0.347. The average molecular weight is 647 g/mol. The molecule has 0 saturated carbocycles. The van der Waals surface area contributed by atoms with Crippen molar-refractivity contribution >= 4 is 35.4 Å². The average Bonchev–Trinajstić information content (AvgIpc) is 3.46. The molecular weight excluding hydrogens is 600 g/mol. The normalized spacial score (nSPS) is 19.3. The lowest BCUT2D eigenvalue weighted by Crippen LogP contribution is -2.47. The third kappa shape index (κ3) is 11.1. The number of phenols is 1. The Bertz CT molecular complexity index is 1260. The van der Waals surface area contributed by atoms with E-state index in [0.29, 0.717) is 54.2 Å². The van der Waals surface area contributed by atoms with Gasteiger partial charge in [0.1, 0.15) is 30.5 Å². The lowest BCUT2D eigenvalue weighted by molar-refractivity contribution is -0.167. The number of unbranched alkanes of at least 4 members (excludes halogenated alkanes) is 2. The zero-order valence-electron chi connectivity index (χ0n) is 26.6. The van der Waals surface area contributed by atoms with Crippen LogP contribution in [0, 0.1) is 5.92 Å². The van der Waals surface area contributed by atoms with Crippen LogP contribution in [0.3, 0.4) is 0 Å².